The van der Waals surface area contributed by atoms with Gasteiger partial charge in [0.15, 0.2) is 4.80 Å². The highest BCUT2D eigenvalue weighted by Crippen LogP contribution is 2.22. The highest BCUT2D eigenvalue weighted by molar-refractivity contribution is 7.89. The van der Waals surface area contributed by atoms with Crippen molar-refractivity contribution in [3.63, 3.8) is 0 Å². The number of hydrogen-bond donors (Lipinski definition) is 1. The third kappa shape index (κ3) is 5.17. The Labute approximate surface area is 190 Å². The normalized spacial score (nSPS) is 16.2. The van der Waals surface area contributed by atoms with Crippen LogP contribution >= 0.6 is 22.9 Å². The first-order chi connectivity index (χ1) is 14.8. The molecule has 1 aliphatic heterocycles. The molecule has 1 N–H and O–H groups in total. The molecule has 1 amide bonds. The summed E-state index contributed by atoms with van der Waals surface area (Å²) in [5, 5.41) is 4.21. The summed E-state index contributed by atoms with van der Waals surface area (Å²) in [5.74, 6) is -0.226. The fourth-order valence-corrected chi connectivity index (χ4v) is 5.56. The van der Waals surface area contributed by atoms with Crippen molar-refractivity contribution in [1.82, 2.24) is 14.2 Å². The summed E-state index contributed by atoms with van der Waals surface area (Å²) in [6.45, 7) is 0.879. The molecule has 2 aromatic carbocycles. The number of carbonyl (C=O) groups excluding carboxylic acids is 1. The van der Waals surface area contributed by atoms with Gasteiger partial charge >= 0.3 is 0 Å². The van der Waals surface area contributed by atoms with Gasteiger partial charge in [0.2, 0.25) is 15.9 Å². The van der Waals surface area contributed by atoms with Crippen LogP contribution in [0.5, 0.6) is 0 Å². The molecule has 1 aliphatic rings. The predicted molar refractivity (Wildman–Crippen MR) is 123 cm³/mol. The van der Waals surface area contributed by atoms with Gasteiger partial charge in [0, 0.05) is 36.7 Å². The third-order valence-corrected chi connectivity index (χ3v) is 7.86. The molecule has 1 aromatic heterocycles. The Hall–Kier alpha value is -2.20. The predicted octanol–water partition coefficient (Wildman–Crippen LogP) is 2.76. The minimum atomic E-state index is -3.80. The molecule has 3 aromatic rings. The van der Waals surface area contributed by atoms with E-state index in [9.17, 15) is 13.2 Å². The third-order valence-electron chi connectivity index (χ3n) is 5.37. The first-order valence-electron chi connectivity index (χ1n) is 9.92. The summed E-state index contributed by atoms with van der Waals surface area (Å²) in [6, 6.07) is 10.2. The zero-order valence-corrected chi connectivity index (χ0v) is 19.4. The Morgan fingerprint density at radius 1 is 1.19 bits per heavy atom. The summed E-state index contributed by atoms with van der Waals surface area (Å²) < 4.78 is 29.8. The minimum absolute atomic E-state index is 0.122. The van der Waals surface area contributed by atoms with Gasteiger partial charge in [-0.2, -0.15) is 0 Å². The summed E-state index contributed by atoms with van der Waals surface area (Å²) in [5.41, 5.74) is 0. The minimum Gasteiger partial charge on any atom is -0.341 e. The van der Waals surface area contributed by atoms with E-state index in [1.54, 1.807) is 46.6 Å². The van der Waals surface area contributed by atoms with Crippen LogP contribution in [0.2, 0.25) is 5.02 Å². The molecular weight excluding hydrogens is 456 g/mol. The fourth-order valence-electron chi connectivity index (χ4n) is 3.57. The molecular formula is C21H23ClN4O3S2. The van der Waals surface area contributed by atoms with Crippen LogP contribution in [-0.2, 0) is 21.9 Å². The fraction of sp³-hybridized carbons (Fsp3) is 0.333. The molecule has 4 rings (SSSR count). The average molecular weight is 479 g/mol. The lowest BCUT2D eigenvalue weighted by Crippen LogP contribution is -2.45. The lowest BCUT2D eigenvalue weighted by atomic mass is 10.1. The van der Waals surface area contributed by atoms with Gasteiger partial charge in [-0.05, 0) is 47.9 Å². The van der Waals surface area contributed by atoms with Crippen molar-refractivity contribution >= 4 is 49.6 Å². The molecule has 0 unspecified atom stereocenters. The van der Waals surface area contributed by atoms with Crippen molar-refractivity contribution < 1.29 is 13.2 Å². The van der Waals surface area contributed by atoms with Gasteiger partial charge in [-0.25, -0.2) is 13.1 Å². The summed E-state index contributed by atoms with van der Waals surface area (Å²) in [7, 11) is -1.83. The lowest BCUT2D eigenvalue weighted by Gasteiger charge is -2.30. The second-order valence-electron chi connectivity index (χ2n) is 7.52. The van der Waals surface area contributed by atoms with Crippen LogP contribution in [-0.4, -0.2) is 49.5 Å². The summed E-state index contributed by atoms with van der Waals surface area (Å²) >= 11 is 7.57. The number of likely N-dealkylation sites (tertiary alicyclic amines) is 1. The number of piperidine rings is 1. The Bertz CT molecular complexity index is 1280. The van der Waals surface area contributed by atoms with Gasteiger partial charge < -0.3 is 9.47 Å². The first kappa shape index (κ1) is 22.0. The SMILES string of the molecule is Cn1ccsc1=NC1CCN(C(=O)CNS(=O)(=O)c2ccc3cc(Cl)ccc3c2)CC1. The molecule has 0 saturated carbocycles. The number of thiazole rings is 1. The quantitative estimate of drug-likeness (QED) is 0.612. The Morgan fingerprint density at radius 3 is 2.61 bits per heavy atom. The maximum atomic E-state index is 12.7. The largest absolute Gasteiger partial charge is 0.341 e. The van der Waals surface area contributed by atoms with Crippen LogP contribution in [0.3, 0.4) is 0 Å². The zero-order valence-electron chi connectivity index (χ0n) is 17.0. The topological polar surface area (TPSA) is 83.8 Å². The first-order valence-corrected chi connectivity index (χ1v) is 12.7. The van der Waals surface area contributed by atoms with Crippen molar-refractivity contribution in [3.05, 3.63) is 57.8 Å². The van der Waals surface area contributed by atoms with Crippen LogP contribution in [0, 0.1) is 0 Å². The van der Waals surface area contributed by atoms with E-state index in [0.29, 0.717) is 18.1 Å². The monoisotopic (exact) mass is 478 g/mol. The van der Waals surface area contributed by atoms with E-state index in [0.717, 1.165) is 28.4 Å². The molecule has 0 atom stereocenters. The lowest BCUT2D eigenvalue weighted by molar-refractivity contribution is -0.130. The Balaban J connectivity index is 1.35. The number of hydrogen-bond acceptors (Lipinski definition) is 5. The van der Waals surface area contributed by atoms with Gasteiger partial charge in [0.1, 0.15) is 0 Å². The summed E-state index contributed by atoms with van der Waals surface area (Å²) in [4.78, 5) is 20.1. The molecule has 0 radical (unpaired) electrons. The van der Waals surface area contributed by atoms with Crippen molar-refractivity contribution in [3.8, 4) is 0 Å². The number of aromatic nitrogens is 1. The molecule has 1 fully saturated rings. The number of rotatable bonds is 5. The number of carbonyl (C=O) groups is 1. The van der Waals surface area contributed by atoms with E-state index in [-0.39, 0.29) is 23.4 Å². The number of benzene rings is 2. The summed E-state index contributed by atoms with van der Waals surface area (Å²) in [6.07, 6.45) is 3.51. The van der Waals surface area contributed by atoms with E-state index in [1.807, 2.05) is 23.2 Å². The number of halogens is 1. The Morgan fingerprint density at radius 2 is 1.90 bits per heavy atom. The standard InChI is InChI=1S/C21H23ClN4O3S2/c1-25-10-11-30-21(25)24-18-6-8-26(9-7-18)20(27)14-23-31(28,29)19-5-3-15-12-17(22)4-2-16(15)13-19/h2-5,10-13,18,23H,6-9,14H2,1H3. The molecule has 31 heavy (non-hydrogen) atoms. The number of fused-ring (bicyclic) bond motifs is 1. The zero-order chi connectivity index (χ0) is 22.0. The maximum Gasteiger partial charge on any atom is 0.241 e. The van der Waals surface area contributed by atoms with E-state index < -0.39 is 10.0 Å². The number of nitrogens with zero attached hydrogens (tertiary/aromatic N) is 3. The van der Waals surface area contributed by atoms with E-state index in [1.165, 1.54) is 6.07 Å². The van der Waals surface area contributed by atoms with Crippen LogP contribution < -0.4 is 9.52 Å². The van der Waals surface area contributed by atoms with E-state index in [4.69, 9.17) is 16.6 Å². The second-order valence-corrected chi connectivity index (χ2v) is 10.6. The van der Waals surface area contributed by atoms with Crippen molar-refractivity contribution in [2.75, 3.05) is 19.6 Å². The maximum absolute atomic E-state index is 12.7. The molecule has 2 heterocycles. The van der Waals surface area contributed by atoms with Gasteiger partial charge in [0.25, 0.3) is 0 Å². The number of nitrogens with one attached hydrogen (secondary N) is 1. The van der Waals surface area contributed by atoms with Crippen molar-refractivity contribution in [2.45, 2.75) is 23.8 Å². The van der Waals surface area contributed by atoms with Crippen LogP contribution in [0.4, 0.5) is 0 Å². The Kier molecular flexibility index (Phi) is 6.47. The number of aryl methyl sites for hydroxylation is 1. The molecule has 0 bridgehead atoms. The highest BCUT2D eigenvalue weighted by atomic mass is 35.5. The van der Waals surface area contributed by atoms with Crippen LogP contribution in [0.1, 0.15) is 12.8 Å². The average Bonchev–Trinajstić information content (AvgIpc) is 3.16. The van der Waals surface area contributed by atoms with Crippen LogP contribution in [0.15, 0.2) is 57.9 Å². The molecule has 1 saturated heterocycles. The molecule has 0 aliphatic carbocycles. The van der Waals surface area contributed by atoms with Gasteiger partial charge in [-0.3, -0.25) is 9.79 Å². The second kappa shape index (κ2) is 9.12. The van der Waals surface area contributed by atoms with Crippen molar-refractivity contribution in [1.29, 1.82) is 0 Å². The smallest absolute Gasteiger partial charge is 0.241 e. The van der Waals surface area contributed by atoms with Gasteiger partial charge in [-0.15, -0.1) is 11.3 Å². The number of amides is 1. The van der Waals surface area contributed by atoms with Crippen LogP contribution in [0.25, 0.3) is 10.8 Å². The van der Waals surface area contributed by atoms with E-state index in [2.05, 4.69) is 4.72 Å². The van der Waals surface area contributed by atoms with Crippen molar-refractivity contribution in [2.24, 2.45) is 12.0 Å². The molecule has 7 nitrogen and oxygen atoms in total. The molecule has 164 valence electrons. The number of sulfonamides is 1. The van der Waals surface area contributed by atoms with Gasteiger partial charge in [0.05, 0.1) is 17.5 Å². The van der Waals surface area contributed by atoms with Gasteiger partial charge in [-0.1, -0.05) is 23.7 Å². The highest BCUT2D eigenvalue weighted by Gasteiger charge is 2.24. The van der Waals surface area contributed by atoms with E-state index >= 15 is 0 Å². The molecule has 0 spiro atoms. The molecule has 10 heteroatoms.